The van der Waals surface area contributed by atoms with Gasteiger partial charge in [0.05, 0.1) is 5.75 Å². The van der Waals surface area contributed by atoms with E-state index in [1.165, 1.54) is 4.90 Å². The number of amides is 1. The average Bonchev–Trinajstić information content (AvgIpc) is 2.93. The van der Waals surface area contributed by atoms with E-state index in [4.69, 9.17) is 9.26 Å². The summed E-state index contributed by atoms with van der Waals surface area (Å²) in [7, 11) is -3.28. The fraction of sp³-hybridized carbons (Fsp3) is 0.692. The third-order valence-corrected chi connectivity index (χ3v) is 5.36. The van der Waals surface area contributed by atoms with Crippen molar-refractivity contribution < 1.29 is 22.5 Å². The molecule has 1 aromatic heterocycles. The standard InChI is InChI=1S/C13H19N3O5S/c17-13(16-4-3-14-22(18,19)8-5-16)11-9-12(21-15-11)10-1-6-20-7-2-10/h9-10,14H,1-8H2. The van der Waals surface area contributed by atoms with Crippen LogP contribution in [0.15, 0.2) is 10.6 Å². The SMILES string of the molecule is O=C(c1cc(C2CCOCC2)on1)N1CCNS(=O)(=O)CC1. The van der Waals surface area contributed by atoms with E-state index < -0.39 is 10.0 Å². The molecule has 1 aromatic rings. The number of nitrogens with zero attached hydrogens (tertiary/aromatic N) is 2. The first-order valence-corrected chi connectivity index (χ1v) is 9.01. The maximum absolute atomic E-state index is 12.4. The van der Waals surface area contributed by atoms with E-state index in [2.05, 4.69) is 9.88 Å². The molecule has 22 heavy (non-hydrogen) atoms. The Hall–Kier alpha value is -1.45. The Bertz CT molecular complexity index is 636. The normalized spacial score (nSPS) is 23.2. The van der Waals surface area contributed by atoms with Crippen molar-refractivity contribution in [2.45, 2.75) is 18.8 Å². The van der Waals surface area contributed by atoms with Crippen molar-refractivity contribution in [3.05, 3.63) is 17.5 Å². The Morgan fingerprint density at radius 1 is 1.32 bits per heavy atom. The number of carbonyl (C=O) groups excluding carboxylic acids is 1. The summed E-state index contributed by atoms with van der Waals surface area (Å²) in [5, 5.41) is 3.86. The molecule has 2 aliphatic rings. The molecule has 3 rings (SSSR count). The highest BCUT2D eigenvalue weighted by molar-refractivity contribution is 7.89. The van der Waals surface area contributed by atoms with Crippen LogP contribution in [-0.2, 0) is 14.8 Å². The molecule has 1 amide bonds. The molecular formula is C13H19N3O5S. The largest absolute Gasteiger partial charge is 0.381 e. The van der Waals surface area contributed by atoms with E-state index in [0.717, 1.165) is 12.8 Å². The molecule has 9 heteroatoms. The third kappa shape index (κ3) is 3.47. The van der Waals surface area contributed by atoms with Crippen LogP contribution < -0.4 is 4.72 Å². The van der Waals surface area contributed by atoms with Crippen LogP contribution in [0.5, 0.6) is 0 Å². The maximum Gasteiger partial charge on any atom is 0.276 e. The maximum atomic E-state index is 12.4. The topological polar surface area (TPSA) is 102 Å². The second-order valence-electron chi connectivity index (χ2n) is 5.51. The van der Waals surface area contributed by atoms with Gasteiger partial charge >= 0.3 is 0 Å². The fourth-order valence-electron chi connectivity index (χ4n) is 2.68. The van der Waals surface area contributed by atoms with Crippen LogP contribution in [0, 0.1) is 0 Å². The van der Waals surface area contributed by atoms with Crippen molar-refractivity contribution in [2.75, 3.05) is 38.6 Å². The molecule has 0 bridgehead atoms. The van der Waals surface area contributed by atoms with Crippen molar-refractivity contribution in [1.82, 2.24) is 14.8 Å². The fourth-order valence-corrected chi connectivity index (χ4v) is 3.69. The third-order valence-electron chi connectivity index (χ3n) is 3.99. The van der Waals surface area contributed by atoms with Gasteiger partial charge in [0.1, 0.15) is 5.76 Å². The van der Waals surface area contributed by atoms with Crippen LogP contribution in [0.2, 0.25) is 0 Å². The molecule has 0 aliphatic carbocycles. The van der Waals surface area contributed by atoms with Crippen molar-refractivity contribution in [3.63, 3.8) is 0 Å². The van der Waals surface area contributed by atoms with E-state index in [0.29, 0.717) is 25.5 Å². The lowest BCUT2D eigenvalue weighted by atomic mass is 9.97. The summed E-state index contributed by atoms with van der Waals surface area (Å²) in [6.45, 7) is 2.08. The molecule has 0 unspecified atom stereocenters. The average molecular weight is 329 g/mol. The molecule has 2 fully saturated rings. The van der Waals surface area contributed by atoms with Crippen molar-refractivity contribution in [1.29, 1.82) is 0 Å². The Balaban J connectivity index is 1.68. The van der Waals surface area contributed by atoms with E-state index in [-0.39, 0.29) is 36.4 Å². The molecule has 0 saturated carbocycles. The zero-order chi connectivity index (χ0) is 15.6. The van der Waals surface area contributed by atoms with Gasteiger partial charge < -0.3 is 14.2 Å². The lowest BCUT2D eigenvalue weighted by Gasteiger charge is -2.19. The smallest absolute Gasteiger partial charge is 0.276 e. The van der Waals surface area contributed by atoms with Crippen LogP contribution in [-0.4, -0.2) is 63.0 Å². The number of aromatic nitrogens is 1. The molecule has 8 nitrogen and oxygen atoms in total. The van der Waals surface area contributed by atoms with Gasteiger partial charge in [-0.15, -0.1) is 0 Å². The molecule has 0 spiro atoms. The number of hydrogen-bond donors (Lipinski definition) is 1. The van der Waals surface area contributed by atoms with Crippen LogP contribution in [0.4, 0.5) is 0 Å². The zero-order valence-electron chi connectivity index (χ0n) is 12.2. The number of rotatable bonds is 2. The summed E-state index contributed by atoms with van der Waals surface area (Å²) in [6.07, 6.45) is 1.71. The van der Waals surface area contributed by atoms with Gasteiger partial charge in [-0.2, -0.15) is 0 Å². The number of nitrogens with one attached hydrogen (secondary N) is 1. The summed E-state index contributed by atoms with van der Waals surface area (Å²) >= 11 is 0. The van der Waals surface area contributed by atoms with Gasteiger partial charge in [-0.05, 0) is 12.8 Å². The number of ether oxygens (including phenoxy) is 1. The molecule has 0 aromatic carbocycles. The van der Waals surface area contributed by atoms with Gasteiger partial charge in [0.15, 0.2) is 5.69 Å². The number of hydrogen-bond acceptors (Lipinski definition) is 6. The first-order valence-electron chi connectivity index (χ1n) is 7.36. The number of sulfonamides is 1. The molecule has 122 valence electrons. The van der Waals surface area contributed by atoms with Gasteiger partial charge in [-0.25, -0.2) is 13.1 Å². The lowest BCUT2D eigenvalue weighted by Crippen LogP contribution is -2.35. The zero-order valence-corrected chi connectivity index (χ0v) is 13.0. The minimum absolute atomic E-state index is 0.0938. The lowest BCUT2D eigenvalue weighted by molar-refractivity contribution is 0.0755. The predicted molar refractivity (Wildman–Crippen MR) is 77.0 cm³/mol. The molecule has 2 aliphatic heterocycles. The summed E-state index contributed by atoms with van der Waals surface area (Å²) in [5.74, 6) is 0.547. The number of carbonyl (C=O) groups is 1. The highest BCUT2D eigenvalue weighted by Gasteiger charge is 2.27. The molecule has 0 atom stereocenters. The van der Waals surface area contributed by atoms with Gasteiger partial charge in [0.25, 0.3) is 5.91 Å². The highest BCUT2D eigenvalue weighted by atomic mass is 32.2. The van der Waals surface area contributed by atoms with E-state index in [9.17, 15) is 13.2 Å². The molecule has 0 radical (unpaired) electrons. The van der Waals surface area contributed by atoms with Crippen LogP contribution in [0.3, 0.4) is 0 Å². The van der Waals surface area contributed by atoms with Gasteiger partial charge in [-0.3, -0.25) is 4.79 Å². The van der Waals surface area contributed by atoms with E-state index in [1.54, 1.807) is 6.07 Å². The second-order valence-corrected chi connectivity index (χ2v) is 7.43. The minimum atomic E-state index is -3.28. The Morgan fingerprint density at radius 2 is 2.09 bits per heavy atom. The second kappa shape index (κ2) is 6.35. The van der Waals surface area contributed by atoms with Gasteiger partial charge in [0, 0.05) is 44.8 Å². The summed E-state index contributed by atoms with van der Waals surface area (Å²) in [4.78, 5) is 13.9. The Labute approximate surface area is 128 Å². The van der Waals surface area contributed by atoms with E-state index >= 15 is 0 Å². The van der Waals surface area contributed by atoms with Crippen LogP contribution >= 0.6 is 0 Å². The summed E-state index contributed by atoms with van der Waals surface area (Å²) in [5.41, 5.74) is 0.237. The van der Waals surface area contributed by atoms with Gasteiger partial charge in [-0.1, -0.05) is 5.16 Å². The van der Waals surface area contributed by atoms with Crippen LogP contribution in [0.25, 0.3) is 0 Å². The van der Waals surface area contributed by atoms with Crippen molar-refractivity contribution >= 4 is 15.9 Å². The predicted octanol–water partition coefficient (Wildman–Crippen LogP) is -0.0562. The van der Waals surface area contributed by atoms with Crippen molar-refractivity contribution in [3.8, 4) is 0 Å². The van der Waals surface area contributed by atoms with Gasteiger partial charge in [0.2, 0.25) is 10.0 Å². The Kier molecular flexibility index (Phi) is 4.46. The quantitative estimate of drug-likeness (QED) is 0.816. The summed E-state index contributed by atoms with van der Waals surface area (Å²) < 4.78 is 36.0. The van der Waals surface area contributed by atoms with E-state index in [1.807, 2.05) is 0 Å². The van der Waals surface area contributed by atoms with Crippen LogP contribution in [0.1, 0.15) is 35.0 Å². The summed E-state index contributed by atoms with van der Waals surface area (Å²) in [6, 6.07) is 1.67. The van der Waals surface area contributed by atoms with Crippen molar-refractivity contribution in [2.24, 2.45) is 0 Å². The molecular weight excluding hydrogens is 310 g/mol. The molecule has 3 heterocycles. The minimum Gasteiger partial charge on any atom is -0.381 e. The molecule has 1 N–H and O–H groups in total. The monoisotopic (exact) mass is 329 g/mol. The first-order chi connectivity index (χ1) is 10.6. The Morgan fingerprint density at radius 3 is 2.86 bits per heavy atom. The molecule has 2 saturated heterocycles. The highest BCUT2D eigenvalue weighted by Crippen LogP contribution is 2.27. The first kappa shape index (κ1) is 15.4.